The number of nitrogens with one attached hydrogen (secondary N) is 2. The molecule has 1 saturated heterocycles. The van der Waals surface area contributed by atoms with E-state index in [0.29, 0.717) is 12.5 Å². The van der Waals surface area contributed by atoms with Crippen LogP contribution in [0, 0.1) is 13.8 Å². The van der Waals surface area contributed by atoms with Crippen molar-refractivity contribution in [1.29, 1.82) is 0 Å². The lowest BCUT2D eigenvalue weighted by molar-refractivity contribution is 0.120. The highest BCUT2D eigenvalue weighted by molar-refractivity contribution is 5.90. The van der Waals surface area contributed by atoms with Crippen molar-refractivity contribution >= 4 is 28.5 Å². The minimum atomic E-state index is 0.203. The summed E-state index contributed by atoms with van der Waals surface area (Å²) in [7, 11) is 0. The van der Waals surface area contributed by atoms with Crippen LogP contribution in [0.4, 0.5) is 17.5 Å². The van der Waals surface area contributed by atoms with Crippen molar-refractivity contribution < 1.29 is 4.74 Å². The average molecular weight is 415 g/mol. The van der Waals surface area contributed by atoms with E-state index < -0.39 is 0 Å². The molecule has 2 aromatic heterocycles. The Morgan fingerprint density at radius 1 is 1.06 bits per heavy atom. The topological polar surface area (TPSA) is 76.9 Å². The highest BCUT2D eigenvalue weighted by Gasteiger charge is 2.18. The van der Waals surface area contributed by atoms with E-state index in [1.165, 1.54) is 11.1 Å². The largest absolute Gasteiger partial charge is 0.376 e. The van der Waals surface area contributed by atoms with Gasteiger partial charge in [-0.05, 0) is 62.1 Å². The molecule has 0 unspecified atom stereocenters. The van der Waals surface area contributed by atoms with Crippen LogP contribution in [0.25, 0.3) is 16.7 Å². The summed E-state index contributed by atoms with van der Waals surface area (Å²) < 4.78 is 7.59. The maximum absolute atomic E-state index is 5.74. The molecule has 1 fully saturated rings. The third-order valence-corrected chi connectivity index (χ3v) is 5.71. The number of ether oxygens (including phenoxy) is 1. The Balaban J connectivity index is 1.54. The number of aryl methyl sites for hydroxylation is 2. The summed E-state index contributed by atoms with van der Waals surface area (Å²) in [4.78, 5) is 9.56. The number of benzene rings is 2. The Kier molecular flexibility index (Phi) is 5.26. The summed E-state index contributed by atoms with van der Waals surface area (Å²) in [6.07, 6.45) is 4.18. The van der Waals surface area contributed by atoms with Gasteiger partial charge in [-0.3, -0.25) is 0 Å². The Morgan fingerprint density at radius 3 is 2.71 bits per heavy atom. The van der Waals surface area contributed by atoms with Gasteiger partial charge in [0.15, 0.2) is 5.65 Å². The second-order valence-corrected chi connectivity index (χ2v) is 7.96. The number of aromatic nitrogens is 4. The van der Waals surface area contributed by atoms with Gasteiger partial charge in [-0.2, -0.15) is 15.1 Å². The quantitative estimate of drug-likeness (QED) is 0.473. The highest BCUT2D eigenvalue weighted by Crippen LogP contribution is 2.28. The lowest BCUT2D eigenvalue weighted by Crippen LogP contribution is -2.20. The number of hydrogen-bond acceptors (Lipinski definition) is 6. The lowest BCUT2D eigenvalue weighted by Gasteiger charge is -2.14. The van der Waals surface area contributed by atoms with E-state index in [0.717, 1.165) is 47.7 Å². The van der Waals surface area contributed by atoms with Gasteiger partial charge in [0.2, 0.25) is 5.95 Å². The molecule has 1 atom stereocenters. The SMILES string of the molecule is Cc1ccc(Nc2nc(NC[C@@H]3CCCO3)nc3c2cnn3-c2ccccc2)cc1C. The molecule has 0 amide bonds. The standard InChI is InChI=1S/C24H26N6O/c1-16-10-11-18(13-17(16)2)27-22-21-15-26-30(19-7-4-3-5-8-19)23(21)29-24(28-22)25-14-20-9-6-12-31-20/h3-5,7-8,10-11,13,15,20H,6,9,12,14H2,1-2H3,(H2,25,27,28,29)/t20-/m0/s1. The summed E-state index contributed by atoms with van der Waals surface area (Å²) in [5.74, 6) is 1.29. The molecular weight excluding hydrogens is 388 g/mol. The van der Waals surface area contributed by atoms with Crippen LogP contribution in [-0.4, -0.2) is 39.0 Å². The van der Waals surface area contributed by atoms with Gasteiger partial charge in [-0.1, -0.05) is 24.3 Å². The first-order valence-electron chi connectivity index (χ1n) is 10.7. The molecular formula is C24H26N6O. The molecule has 1 aliphatic rings. The fraction of sp³-hybridized carbons (Fsp3) is 0.292. The predicted octanol–water partition coefficient (Wildman–Crippen LogP) is 4.77. The van der Waals surface area contributed by atoms with Crippen LogP contribution in [0.15, 0.2) is 54.7 Å². The highest BCUT2D eigenvalue weighted by atomic mass is 16.5. The Bertz CT molecular complexity index is 1200. The summed E-state index contributed by atoms with van der Waals surface area (Å²) in [6, 6.07) is 16.3. The molecule has 3 heterocycles. The van der Waals surface area contributed by atoms with Gasteiger partial charge in [0.05, 0.1) is 23.4 Å². The molecule has 1 aliphatic heterocycles. The van der Waals surface area contributed by atoms with Gasteiger partial charge in [0.25, 0.3) is 0 Å². The molecule has 158 valence electrons. The normalized spacial score (nSPS) is 16.0. The molecule has 0 spiro atoms. The van der Waals surface area contributed by atoms with Crippen LogP contribution in [-0.2, 0) is 4.74 Å². The average Bonchev–Trinajstić information content (AvgIpc) is 3.45. The second kappa shape index (κ2) is 8.35. The van der Waals surface area contributed by atoms with Crippen LogP contribution in [0.5, 0.6) is 0 Å². The van der Waals surface area contributed by atoms with Gasteiger partial charge in [-0.25, -0.2) is 4.68 Å². The number of rotatable bonds is 6. The number of para-hydroxylation sites is 1. The van der Waals surface area contributed by atoms with Crippen molar-refractivity contribution in [1.82, 2.24) is 19.7 Å². The minimum Gasteiger partial charge on any atom is -0.376 e. The Hall–Kier alpha value is -3.45. The van der Waals surface area contributed by atoms with Gasteiger partial charge in [0.1, 0.15) is 5.82 Å². The van der Waals surface area contributed by atoms with E-state index in [4.69, 9.17) is 14.7 Å². The van der Waals surface area contributed by atoms with Crippen LogP contribution >= 0.6 is 0 Å². The first-order valence-corrected chi connectivity index (χ1v) is 10.7. The number of anilines is 3. The molecule has 5 rings (SSSR count). The summed E-state index contributed by atoms with van der Waals surface area (Å²) >= 11 is 0. The van der Waals surface area contributed by atoms with Crippen molar-refractivity contribution in [3.05, 3.63) is 65.9 Å². The molecule has 7 nitrogen and oxygen atoms in total. The fourth-order valence-corrected chi connectivity index (χ4v) is 3.81. The van der Waals surface area contributed by atoms with E-state index in [2.05, 4.69) is 47.8 Å². The van der Waals surface area contributed by atoms with Gasteiger partial charge in [0, 0.05) is 18.8 Å². The monoisotopic (exact) mass is 414 g/mol. The fourth-order valence-electron chi connectivity index (χ4n) is 3.81. The summed E-state index contributed by atoms with van der Waals surface area (Å²) in [5.41, 5.74) is 5.18. The first kappa shape index (κ1) is 19.5. The molecule has 2 N–H and O–H groups in total. The van der Waals surface area contributed by atoms with E-state index >= 15 is 0 Å². The lowest BCUT2D eigenvalue weighted by atomic mass is 10.1. The van der Waals surface area contributed by atoms with Crippen molar-refractivity contribution in [3.8, 4) is 5.69 Å². The zero-order valence-electron chi connectivity index (χ0n) is 17.8. The maximum atomic E-state index is 5.74. The molecule has 31 heavy (non-hydrogen) atoms. The number of nitrogens with zero attached hydrogens (tertiary/aromatic N) is 4. The van der Waals surface area contributed by atoms with Crippen molar-refractivity contribution in [2.75, 3.05) is 23.8 Å². The van der Waals surface area contributed by atoms with E-state index in [-0.39, 0.29) is 6.10 Å². The zero-order valence-corrected chi connectivity index (χ0v) is 17.8. The minimum absolute atomic E-state index is 0.203. The molecule has 2 aromatic carbocycles. The van der Waals surface area contributed by atoms with E-state index in [1.807, 2.05) is 41.2 Å². The van der Waals surface area contributed by atoms with Gasteiger partial charge < -0.3 is 15.4 Å². The molecule has 0 bridgehead atoms. The van der Waals surface area contributed by atoms with E-state index in [1.54, 1.807) is 0 Å². The summed E-state index contributed by atoms with van der Waals surface area (Å²) in [5, 5.41) is 12.3. The molecule has 0 radical (unpaired) electrons. The van der Waals surface area contributed by atoms with Crippen LogP contribution in [0.1, 0.15) is 24.0 Å². The Labute approximate surface area is 181 Å². The molecule has 4 aromatic rings. The van der Waals surface area contributed by atoms with E-state index in [9.17, 15) is 0 Å². The Morgan fingerprint density at radius 2 is 1.94 bits per heavy atom. The second-order valence-electron chi connectivity index (χ2n) is 7.96. The third-order valence-electron chi connectivity index (χ3n) is 5.71. The first-order chi connectivity index (χ1) is 15.2. The maximum Gasteiger partial charge on any atom is 0.226 e. The third kappa shape index (κ3) is 4.09. The number of hydrogen-bond donors (Lipinski definition) is 2. The van der Waals surface area contributed by atoms with Crippen LogP contribution in [0.3, 0.4) is 0 Å². The van der Waals surface area contributed by atoms with Crippen molar-refractivity contribution in [3.63, 3.8) is 0 Å². The smallest absolute Gasteiger partial charge is 0.226 e. The van der Waals surface area contributed by atoms with Gasteiger partial charge >= 0.3 is 0 Å². The molecule has 0 saturated carbocycles. The predicted molar refractivity (Wildman–Crippen MR) is 123 cm³/mol. The molecule has 0 aliphatic carbocycles. The van der Waals surface area contributed by atoms with Crippen LogP contribution < -0.4 is 10.6 Å². The summed E-state index contributed by atoms with van der Waals surface area (Å²) in [6.45, 7) is 5.73. The van der Waals surface area contributed by atoms with Crippen molar-refractivity contribution in [2.45, 2.75) is 32.8 Å². The number of fused-ring (bicyclic) bond motifs is 1. The van der Waals surface area contributed by atoms with Crippen molar-refractivity contribution in [2.24, 2.45) is 0 Å². The zero-order chi connectivity index (χ0) is 21.2. The molecule has 7 heteroatoms. The van der Waals surface area contributed by atoms with Crippen LogP contribution in [0.2, 0.25) is 0 Å². The van der Waals surface area contributed by atoms with Gasteiger partial charge in [-0.15, -0.1) is 0 Å².